The summed E-state index contributed by atoms with van der Waals surface area (Å²) < 4.78 is 10.8. The molecule has 2 aromatic rings. The first-order chi connectivity index (χ1) is 12.6. The number of benzene rings is 2. The Morgan fingerprint density at radius 3 is 2.00 bits per heavy atom. The molecule has 0 fully saturated rings. The van der Waals surface area contributed by atoms with Crippen LogP contribution in [0.2, 0.25) is 0 Å². The quantitative estimate of drug-likeness (QED) is 0.706. The van der Waals surface area contributed by atoms with Crippen molar-refractivity contribution >= 4 is 11.9 Å². The Balaban J connectivity index is 2.10. The molecule has 0 aliphatic rings. The van der Waals surface area contributed by atoms with Crippen molar-refractivity contribution in [3.05, 3.63) is 71.8 Å². The maximum atomic E-state index is 12.4. The molecular weight excluding hydrogens is 334 g/mol. The molecule has 26 heavy (non-hydrogen) atoms. The number of nitrogens with zero attached hydrogens (tertiary/aromatic N) is 1. The number of amides is 1. The highest BCUT2D eigenvalue weighted by Crippen LogP contribution is 2.25. The number of aliphatic carboxylic acids is 1. The molecule has 0 aromatic heterocycles. The Kier molecular flexibility index (Phi) is 7.79. The van der Waals surface area contributed by atoms with Crippen LogP contribution in [0, 0.1) is 0 Å². The van der Waals surface area contributed by atoms with Gasteiger partial charge in [-0.1, -0.05) is 60.7 Å². The highest BCUT2D eigenvalue weighted by atomic mass is 16.5. The molecule has 1 N–H and O–H groups in total. The number of ether oxygens (including phenoxy) is 2. The first-order valence-corrected chi connectivity index (χ1v) is 8.32. The van der Waals surface area contributed by atoms with Crippen LogP contribution in [-0.4, -0.2) is 55.3 Å². The van der Waals surface area contributed by atoms with Gasteiger partial charge < -0.3 is 19.5 Å². The van der Waals surface area contributed by atoms with Crippen LogP contribution < -0.4 is 0 Å². The van der Waals surface area contributed by atoms with Crippen molar-refractivity contribution in [1.29, 1.82) is 0 Å². The van der Waals surface area contributed by atoms with Gasteiger partial charge in [-0.2, -0.15) is 0 Å². The van der Waals surface area contributed by atoms with Gasteiger partial charge in [-0.15, -0.1) is 0 Å². The van der Waals surface area contributed by atoms with Crippen LogP contribution in [0.25, 0.3) is 0 Å². The van der Waals surface area contributed by atoms with Gasteiger partial charge in [0.25, 0.3) is 0 Å². The fourth-order valence-corrected chi connectivity index (χ4v) is 2.54. The second kappa shape index (κ2) is 10.3. The highest BCUT2D eigenvalue weighted by molar-refractivity contribution is 5.82. The zero-order valence-corrected chi connectivity index (χ0v) is 14.7. The molecule has 0 spiro atoms. The minimum absolute atomic E-state index is 0.201. The summed E-state index contributed by atoms with van der Waals surface area (Å²) in [6.07, 6.45) is -0.407. The van der Waals surface area contributed by atoms with Gasteiger partial charge >= 0.3 is 5.97 Å². The summed E-state index contributed by atoms with van der Waals surface area (Å²) in [6, 6.07) is 19.2. The third-order valence-electron chi connectivity index (χ3n) is 3.82. The molecule has 6 heteroatoms. The van der Waals surface area contributed by atoms with Crippen LogP contribution in [0.3, 0.4) is 0 Å². The Morgan fingerprint density at radius 2 is 1.54 bits per heavy atom. The number of hydrogen-bond acceptors (Lipinski definition) is 4. The maximum absolute atomic E-state index is 12.4. The molecule has 138 valence electrons. The number of carboxylic acid groups (broad SMARTS) is 1. The summed E-state index contributed by atoms with van der Waals surface area (Å²) in [4.78, 5) is 24.6. The minimum Gasteiger partial charge on any atom is -0.480 e. The van der Waals surface area contributed by atoms with Gasteiger partial charge in [0.1, 0.15) is 19.3 Å². The van der Waals surface area contributed by atoms with Gasteiger partial charge in [0.15, 0.2) is 0 Å². The Labute approximate surface area is 153 Å². The number of hydrogen-bond donors (Lipinski definition) is 1. The predicted molar refractivity (Wildman–Crippen MR) is 96.8 cm³/mol. The van der Waals surface area contributed by atoms with Crippen molar-refractivity contribution in [2.45, 2.75) is 6.10 Å². The molecule has 0 bridgehead atoms. The van der Waals surface area contributed by atoms with Gasteiger partial charge in [0, 0.05) is 13.7 Å². The van der Waals surface area contributed by atoms with E-state index in [1.807, 2.05) is 60.7 Å². The first-order valence-electron chi connectivity index (χ1n) is 8.32. The molecule has 2 aromatic carbocycles. The van der Waals surface area contributed by atoms with Crippen molar-refractivity contribution in [3.63, 3.8) is 0 Å². The van der Waals surface area contributed by atoms with E-state index in [9.17, 15) is 9.59 Å². The molecule has 0 saturated heterocycles. The lowest BCUT2D eigenvalue weighted by Gasteiger charge is -2.23. The van der Waals surface area contributed by atoms with E-state index in [0.717, 1.165) is 11.1 Å². The Hall–Kier alpha value is -2.70. The lowest BCUT2D eigenvalue weighted by atomic mass is 10.0. The Bertz CT molecular complexity index is 650. The molecule has 0 saturated carbocycles. The van der Waals surface area contributed by atoms with Gasteiger partial charge in [-0.3, -0.25) is 9.59 Å². The van der Waals surface area contributed by atoms with Crippen LogP contribution >= 0.6 is 0 Å². The smallest absolute Gasteiger partial charge is 0.323 e. The Morgan fingerprint density at radius 1 is 1.00 bits per heavy atom. The average Bonchev–Trinajstić information content (AvgIpc) is 2.66. The third kappa shape index (κ3) is 5.98. The molecule has 6 nitrogen and oxygen atoms in total. The van der Waals surface area contributed by atoms with Crippen molar-refractivity contribution in [3.8, 4) is 0 Å². The van der Waals surface area contributed by atoms with Crippen LogP contribution in [0.4, 0.5) is 0 Å². The van der Waals surface area contributed by atoms with E-state index in [2.05, 4.69) is 0 Å². The fraction of sp³-hybridized carbons (Fsp3) is 0.300. The van der Waals surface area contributed by atoms with E-state index in [0.29, 0.717) is 0 Å². The van der Waals surface area contributed by atoms with E-state index in [1.165, 1.54) is 12.0 Å². The topological polar surface area (TPSA) is 76.1 Å². The van der Waals surface area contributed by atoms with Crippen molar-refractivity contribution in [1.82, 2.24) is 4.90 Å². The molecule has 0 radical (unpaired) electrons. The average molecular weight is 357 g/mol. The van der Waals surface area contributed by atoms with Gasteiger partial charge in [-0.05, 0) is 11.1 Å². The number of rotatable bonds is 10. The summed E-state index contributed by atoms with van der Waals surface area (Å²) in [5.41, 5.74) is 1.85. The van der Waals surface area contributed by atoms with E-state index in [1.54, 1.807) is 0 Å². The second-order valence-electron chi connectivity index (χ2n) is 5.71. The van der Waals surface area contributed by atoms with Crippen LogP contribution in [0.1, 0.15) is 17.2 Å². The normalized spacial score (nSPS) is 10.7. The zero-order valence-electron chi connectivity index (χ0n) is 14.7. The standard InChI is InChI=1S/C20H23NO5/c1-25-13-12-21(14-19(23)24)18(22)15-26-20(16-8-4-2-5-9-16)17-10-6-3-7-11-17/h2-11,20H,12-15H2,1H3,(H,23,24). The van der Waals surface area contributed by atoms with Gasteiger partial charge in [0.2, 0.25) is 5.91 Å². The zero-order chi connectivity index (χ0) is 18.8. The maximum Gasteiger partial charge on any atom is 0.323 e. The molecule has 0 aliphatic carbocycles. The lowest BCUT2D eigenvalue weighted by molar-refractivity contribution is -0.147. The summed E-state index contributed by atoms with van der Waals surface area (Å²) >= 11 is 0. The van der Waals surface area contributed by atoms with Crippen molar-refractivity contribution < 1.29 is 24.2 Å². The lowest BCUT2D eigenvalue weighted by Crippen LogP contribution is -2.40. The highest BCUT2D eigenvalue weighted by Gasteiger charge is 2.20. The van der Waals surface area contributed by atoms with Crippen molar-refractivity contribution in [2.24, 2.45) is 0 Å². The molecule has 0 heterocycles. The van der Waals surface area contributed by atoms with Gasteiger partial charge in [0.05, 0.1) is 6.61 Å². The number of carboxylic acids is 1. The van der Waals surface area contributed by atoms with Crippen LogP contribution in [-0.2, 0) is 19.1 Å². The minimum atomic E-state index is -1.07. The van der Waals surface area contributed by atoms with Crippen LogP contribution in [0.15, 0.2) is 60.7 Å². The van der Waals surface area contributed by atoms with E-state index < -0.39 is 12.1 Å². The second-order valence-corrected chi connectivity index (χ2v) is 5.71. The van der Waals surface area contributed by atoms with Crippen LogP contribution in [0.5, 0.6) is 0 Å². The molecule has 2 rings (SSSR count). The number of carbonyl (C=O) groups excluding carboxylic acids is 1. The first kappa shape index (κ1) is 19.6. The molecule has 0 aliphatic heterocycles. The molecule has 0 unspecified atom stereocenters. The number of methoxy groups -OCH3 is 1. The number of carbonyl (C=O) groups is 2. The fourth-order valence-electron chi connectivity index (χ4n) is 2.54. The molecular formula is C20H23NO5. The predicted octanol–water partition coefficient (Wildman–Crippen LogP) is 2.35. The molecule has 0 atom stereocenters. The summed E-state index contributed by atoms with van der Waals surface area (Å²) in [5.74, 6) is -1.46. The van der Waals surface area contributed by atoms with Gasteiger partial charge in [-0.25, -0.2) is 0 Å². The summed E-state index contributed by atoms with van der Waals surface area (Å²) in [7, 11) is 1.50. The van der Waals surface area contributed by atoms with E-state index in [-0.39, 0.29) is 32.2 Å². The van der Waals surface area contributed by atoms with E-state index in [4.69, 9.17) is 14.6 Å². The monoisotopic (exact) mass is 357 g/mol. The summed E-state index contributed by atoms with van der Waals surface area (Å²) in [5, 5.41) is 8.99. The van der Waals surface area contributed by atoms with Crippen molar-refractivity contribution in [2.75, 3.05) is 33.4 Å². The van der Waals surface area contributed by atoms with E-state index >= 15 is 0 Å². The molecule has 1 amide bonds. The third-order valence-corrected chi connectivity index (χ3v) is 3.82. The largest absolute Gasteiger partial charge is 0.480 e. The summed E-state index contributed by atoms with van der Waals surface area (Å²) in [6.45, 7) is -0.134. The SMILES string of the molecule is COCCN(CC(=O)O)C(=O)COC(c1ccccc1)c1ccccc1.